The van der Waals surface area contributed by atoms with Crippen LogP contribution in [-0.2, 0) is 4.79 Å². The van der Waals surface area contributed by atoms with Gasteiger partial charge in [-0.05, 0) is 59.9 Å². The van der Waals surface area contributed by atoms with Crippen LogP contribution in [0.5, 0.6) is 5.75 Å². The van der Waals surface area contributed by atoms with Crippen molar-refractivity contribution >= 4 is 40.3 Å². The highest BCUT2D eigenvalue weighted by Crippen LogP contribution is 2.21. The molecule has 0 saturated carbocycles. The minimum atomic E-state index is -0.444. The maximum Gasteiger partial charge on any atom is 0.266 e. The summed E-state index contributed by atoms with van der Waals surface area (Å²) in [4.78, 5) is 12.3. The lowest BCUT2D eigenvalue weighted by Gasteiger charge is -2.08. The summed E-state index contributed by atoms with van der Waals surface area (Å²) in [6.07, 6.45) is 1.54. The van der Waals surface area contributed by atoms with Gasteiger partial charge in [-0.15, -0.1) is 0 Å². The van der Waals surface area contributed by atoms with E-state index >= 15 is 0 Å². The highest BCUT2D eigenvalue weighted by Gasteiger charge is 2.11. The molecular weight excluding hydrogens is 403 g/mol. The minimum absolute atomic E-state index is 0.0241. The first-order valence-electron chi connectivity index (χ1n) is 7.04. The first kappa shape index (κ1) is 17.0. The zero-order chi connectivity index (χ0) is 16.7. The van der Waals surface area contributed by atoms with Crippen LogP contribution in [0.4, 0.5) is 5.69 Å². The summed E-state index contributed by atoms with van der Waals surface area (Å²) >= 11 is 2.16. The molecule has 0 unspecified atom stereocenters. The summed E-state index contributed by atoms with van der Waals surface area (Å²) in [5.74, 6) is 0.200. The summed E-state index contributed by atoms with van der Waals surface area (Å²) in [5.41, 5.74) is 1.38. The first-order chi connectivity index (χ1) is 11.1. The molecule has 116 valence electrons. The van der Waals surface area contributed by atoms with E-state index in [2.05, 4.69) is 27.9 Å². The number of nitrogens with one attached hydrogen (secondary N) is 1. The van der Waals surface area contributed by atoms with Crippen LogP contribution in [0.15, 0.2) is 54.1 Å². The normalized spacial score (nSPS) is 10.7. The highest BCUT2D eigenvalue weighted by atomic mass is 127. The molecule has 2 aromatic carbocycles. The van der Waals surface area contributed by atoms with Gasteiger partial charge in [0.05, 0.1) is 6.61 Å². The Morgan fingerprint density at radius 3 is 2.78 bits per heavy atom. The van der Waals surface area contributed by atoms with E-state index in [-0.39, 0.29) is 5.57 Å². The summed E-state index contributed by atoms with van der Waals surface area (Å²) in [6.45, 7) is 2.40. The number of amides is 1. The van der Waals surface area contributed by atoms with E-state index in [1.54, 1.807) is 12.1 Å². The second-order valence-electron chi connectivity index (χ2n) is 4.61. The number of carbonyl (C=O) groups excluding carboxylic acids is 1. The van der Waals surface area contributed by atoms with Gasteiger partial charge in [-0.3, -0.25) is 4.79 Å². The number of hydrogen-bond acceptors (Lipinski definition) is 3. The SMILES string of the molecule is CCOc1ccccc1/C=C(\C#N)C(=O)Nc1cccc(I)c1. The second kappa shape index (κ2) is 8.34. The van der Waals surface area contributed by atoms with E-state index < -0.39 is 5.91 Å². The van der Waals surface area contributed by atoms with Crippen molar-refractivity contribution in [1.82, 2.24) is 0 Å². The second-order valence-corrected chi connectivity index (χ2v) is 5.85. The van der Waals surface area contributed by atoms with Gasteiger partial charge in [-0.1, -0.05) is 24.3 Å². The van der Waals surface area contributed by atoms with Gasteiger partial charge >= 0.3 is 0 Å². The molecule has 0 aliphatic carbocycles. The Kier molecular flexibility index (Phi) is 6.18. The summed E-state index contributed by atoms with van der Waals surface area (Å²) in [7, 11) is 0. The Labute approximate surface area is 148 Å². The van der Waals surface area contributed by atoms with Crippen molar-refractivity contribution in [1.29, 1.82) is 5.26 Å². The molecule has 0 atom stereocenters. The fourth-order valence-electron chi connectivity index (χ4n) is 1.96. The smallest absolute Gasteiger partial charge is 0.266 e. The van der Waals surface area contributed by atoms with Crippen molar-refractivity contribution in [2.45, 2.75) is 6.92 Å². The molecule has 0 aromatic heterocycles. The Morgan fingerprint density at radius 2 is 2.09 bits per heavy atom. The fraction of sp³-hybridized carbons (Fsp3) is 0.111. The molecule has 2 rings (SSSR count). The van der Waals surface area contributed by atoms with Crippen LogP contribution >= 0.6 is 22.6 Å². The maximum atomic E-state index is 12.3. The Morgan fingerprint density at radius 1 is 1.30 bits per heavy atom. The van der Waals surface area contributed by atoms with Crippen LogP contribution in [0.1, 0.15) is 12.5 Å². The van der Waals surface area contributed by atoms with Crippen LogP contribution in [0, 0.1) is 14.9 Å². The van der Waals surface area contributed by atoms with E-state index in [1.165, 1.54) is 6.08 Å². The predicted molar refractivity (Wildman–Crippen MR) is 99.0 cm³/mol. The summed E-state index contributed by atoms with van der Waals surface area (Å²) in [6, 6.07) is 16.6. The van der Waals surface area contributed by atoms with Gasteiger partial charge in [0.2, 0.25) is 0 Å². The number of anilines is 1. The topological polar surface area (TPSA) is 62.1 Å². The van der Waals surface area contributed by atoms with E-state index in [1.807, 2.05) is 49.4 Å². The highest BCUT2D eigenvalue weighted by molar-refractivity contribution is 14.1. The monoisotopic (exact) mass is 418 g/mol. The number of halogens is 1. The van der Waals surface area contributed by atoms with E-state index in [9.17, 15) is 10.1 Å². The third-order valence-electron chi connectivity index (χ3n) is 2.97. The standard InChI is InChI=1S/C18H15IN2O2/c1-2-23-17-9-4-3-6-13(17)10-14(12-20)18(22)21-16-8-5-7-15(19)11-16/h3-11H,2H2,1H3,(H,21,22)/b14-10+. The fourth-order valence-corrected chi connectivity index (χ4v) is 2.50. The Bertz CT molecular complexity index is 779. The number of nitriles is 1. The number of nitrogens with zero attached hydrogens (tertiary/aromatic N) is 1. The summed E-state index contributed by atoms with van der Waals surface area (Å²) in [5, 5.41) is 12.0. The lowest BCUT2D eigenvalue weighted by Crippen LogP contribution is -2.13. The van der Waals surface area contributed by atoms with E-state index in [4.69, 9.17) is 4.74 Å². The van der Waals surface area contributed by atoms with Gasteiger partial charge in [0.25, 0.3) is 5.91 Å². The number of ether oxygens (including phenoxy) is 1. The lowest BCUT2D eigenvalue weighted by atomic mass is 10.1. The molecule has 4 nitrogen and oxygen atoms in total. The Hall–Kier alpha value is -2.33. The molecule has 2 aromatic rings. The molecule has 23 heavy (non-hydrogen) atoms. The largest absolute Gasteiger partial charge is 0.493 e. The van der Waals surface area contributed by atoms with Gasteiger partial charge in [-0.2, -0.15) is 5.26 Å². The van der Waals surface area contributed by atoms with Crippen molar-refractivity contribution in [2.24, 2.45) is 0 Å². The van der Waals surface area contributed by atoms with Gasteiger partial charge in [0, 0.05) is 14.8 Å². The molecule has 0 bridgehead atoms. The van der Waals surface area contributed by atoms with Crippen LogP contribution in [0.2, 0.25) is 0 Å². The van der Waals surface area contributed by atoms with Crippen LogP contribution in [0.25, 0.3) is 6.08 Å². The molecule has 0 aliphatic heterocycles. The van der Waals surface area contributed by atoms with Crippen molar-refractivity contribution in [3.05, 3.63) is 63.2 Å². The van der Waals surface area contributed by atoms with Crippen LogP contribution in [-0.4, -0.2) is 12.5 Å². The number of carbonyl (C=O) groups is 1. The van der Waals surface area contributed by atoms with Gasteiger partial charge in [-0.25, -0.2) is 0 Å². The van der Waals surface area contributed by atoms with Crippen molar-refractivity contribution in [2.75, 3.05) is 11.9 Å². The maximum absolute atomic E-state index is 12.3. The third kappa shape index (κ3) is 4.83. The average Bonchev–Trinajstić information content (AvgIpc) is 2.54. The number of para-hydroxylation sites is 1. The molecule has 1 amide bonds. The van der Waals surface area contributed by atoms with Crippen molar-refractivity contribution < 1.29 is 9.53 Å². The first-order valence-corrected chi connectivity index (χ1v) is 8.12. The van der Waals surface area contributed by atoms with Crippen molar-refractivity contribution in [3.8, 4) is 11.8 Å². The molecule has 0 fully saturated rings. The predicted octanol–water partition coefficient (Wildman–Crippen LogP) is 4.24. The minimum Gasteiger partial charge on any atom is -0.493 e. The van der Waals surface area contributed by atoms with Gasteiger partial charge in [0.15, 0.2) is 0 Å². The molecule has 0 radical (unpaired) electrons. The third-order valence-corrected chi connectivity index (χ3v) is 3.64. The molecule has 5 heteroatoms. The van der Waals surface area contributed by atoms with Crippen LogP contribution in [0.3, 0.4) is 0 Å². The molecular formula is C18H15IN2O2. The van der Waals surface area contributed by atoms with Crippen molar-refractivity contribution in [3.63, 3.8) is 0 Å². The zero-order valence-electron chi connectivity index (χ0n) is 12.5. The summed E-state index contributed by atoms with van der Waals surface area (Å²) < 4.78 is 6.51. The molecule has 0 spiro atoms. The van der Waals surface area contributed by atoms with Gasteiger partial charge < -0.3 is 10.1 Å². The zero-order valence-corrected chi connectivity index (χ0v) is 14.7. The van der Waals surface area contributed by atoms with E-state index in [0.717, 1.165) is 3.57 Å². The Balaban J connectivity index is 2.25. The molecule has 0 saturated heterocycles. The van der Waals surface area contributed by atoms with E-state index in [0.29, 0.717) is 23.6 Å². The molecule has 0 aliphatic rings. The quantitative estimate of drug-likeness (QED) is 0.449. The molecule has 0 heterocycles. The average molecular weight is 418 g/mol. The number of benzene rings is 2. The molecule has 1 N–H and O–H groups in total. The number of rotatable bonds is 5. The lowest BCUT2D eigenvalue weighted by molar-refractivity contribution is -0.112. The van der Waals surface area contributed by atoms with Gasteiger partial charge in [0.1, 0.15) is 17.4 Å². The number of hydrogen-bond donors (Lipinski definition) is 1. The van der Waals surface area contributed by atoms with Crippen LogP contribution < -0.4 is 10.1 Å².